The molecule has 90 valence electrons. The fourth-order valence-electron chi connectivity index (χ4n) is 1.51. The van der Waals surface area contributed by atoms with Crippen molar-refractivity contribution in [2.45, 2.75) is 0 Å². The van der Waals surface area contributed by atoms with E-state index in [2.05, 4.69) is 10.3 Å². The number of nitrogens with zero attached hydrogens (tertiary/aromatic N) is 1. The van der Waals surface area contributed by atoms with Crippen LogP contribution < -0.4 is 11.1 Å². The average molecular weight is 239 g/mol. The number of nitrogens with one attached hydrogen (secondary N) is 1. The first-order valence-electron chi connectivity index (χ1n) is 5.51. The van der Waals surface area contributed by atoms with E-state index in [0.717, 1.165) is 11.3 Å². The normalized spacial score (nSPS) is 11.0. The predicted octanol–water partition coefficient (Wildman–Crippen LogP) is 2.43. The van der Waals surface area contributed by atoms with Gasteiger partial charge in [0.05, 0.1) is 5.69 Å². The summed E-state index contributed by atoms with van der Waals surface area (Å²) < 4.78 is 0. The van der Waals surface area contributed by atoms with Crippen LogP contribution in [0.5, 0.6) is 0 Å². The molecule has 0 spiro atoms. The van der Waals surface area contributed by atoms with E-state index >= 15 is 0 Å². The Labute approximate surface area is 105 Å². The maximum Gasteiger partial charge on any atom is 0.317 e. The molecule has 4 heteroatoms. The van der Waals surface area contributed by atoms with Crippen molar-refractivity contribution >= 4 is 17.6 Å². The number of carbonyl (C=O) groups is 1. The number of amides is 2. The lowest BCUT2D eigenvalue weighted by molar-refractivity contribution is 0.253. The van der Waals surface area contributed by atoms with E-state index in [4.69, 9.17) is 5.73 Å². The van der Waals surface area contributed by atoms with Crippen molar-refractivity contribution in [2.24, 2.45) is 10.7 Å². The van der Waals surface area contributed by atoms with Crippen LogP contribution in [0.3, 0.4) is 0 Å². The molecule has 0 saturated heterocycles. The van der Waals surface area contributed by atoms with Gasteiger partial charge in [-0.1, -0.05) is 48.5 Å². The minimum absolute atomic E-state index is 0.439. The Balaban J connectivity index is 2.37. The van der Waals surface area contributed by atoms with Crippen molar-refractivity contribution < 1.29 is 4.79 Å². The van der Waals surface area contributed by atoms with Gasteiger partial charge in [-0.3, -0.25) is 5.32 Å². The van der Waals surface area contributed by atoms with Gasteiger partial charge in [0.2, 0.25) is 0 Å². The van der Waals surface area contributed by atoms with Crippen molar-refractivity contribution in [2.75, 3.05) is 0 Å². The Bertz CT molecular complexity index is 550. The number of para-hydroxylation sites is 1. The molecule has 0 fully saturated rings. The molecule has 0 heterocycles. The number of urea groups is 1. The highest BCUT2D eigenvalue weighted by molar-refractivity contribution is 6.08. The van der Waals surface area contributed by atoms with Crippen LogP contribution in [0, 0.1) is 0 Å². The molecule has 4 nitrogen and oxygen atoms in total. The largest absolute Gasteiger partial charge is 0.351 e. The third kappa shape index (κ3) is 3.18. The minimum atomic E-state index is -0.631. The smallest absolute Gasteiger partial charge is 0.317 e. The monoisotopic (exact) mass is 239 g/mol. The maximum absolute atomic E-state index is 11.0. The lowest BCUT2D eigenvalue weighted by atomic mass is 10.2. The summed E-state index contributed by atoms with van der Waals surface area (Å²) >= 11 is 0. The average Bonchev–Trinajstić information content (AvgIpc) is 2.40. The maximum atomic E-state index is 11.0. The predicted molar refractivity (Wildman–Crippen MR) is 71.8 cm³/mol. The Hall–Kier alpha value is -2.62. The Kier molecular flexibility index (Phi) is 3.71. The van der Waals surface area contributed by atoms with Crippen LogP contribution in [0.2, 0.25) is 0 Å². The fourth-order valence-corrected chi connectivity index (χ4v) is 1.51. The summed E-state index contributed by atoms with van der Waals surface area (Å²) in [5.41, 5.74) is 6.71. The van der Waals surface area contributed by atoms with Crippen LogP contribution in [-0.4, -0.2) is 11.9 Å². The number of hydrogen-bond acceptors (Lipinski definition) is 2. The van der Waals surface area contributed by atoms with Gasteiger partial charge in [0.25, 0.3) is 0 Å². The van der Waals surface area contributed by atoms with E-state index in [9.17, 15) is 4.79 Å². The number of rotatable bonds is 2. The highest BCUT2D eigenvalue weighted by atomic mass is 16.2. The lowest BCUT2D eigenvalue weighted by Crippen LogP contribution is -2.35. The molecule has 2 aromatic rings. The standard InChI is InChI=1S/C14H13N3O/c15-14(18)17-13(11-7-3-1-4-8-11)16-12-9-5-2-6-10-12/h1-10H,(H3,15,16,17,18). The summed E-state index contributed by atoms with van der Waals surface area (Å²) in [5.74, 6) is 0.439. The molecule has 3 N–H and O–H groups in total. The van der Waals surface area contributed by atoms with E-state index < -0.39 is 6.03 Å². The number of carbonyl (C=O) groups excluding carboxylic acids is 1. The summed E-state index contributed by atoms with van der Waals surface area (Å²) in [4.78, 5) is 15.4. The quantitative estimate of drug-likeness (QED) is 0.613. The number of primary amides is 1. The molecule has 0 aromatic heterocycles. The molecule has 0 aliphatic carbocycles. The first-order valence-corrected chi connectivity index (χ1v) is 5.51. The molecular formula is C14H13N3O. The summed E-state index contributed by atoms with van der Waals surface area (Å²) in [5, 5.41) is 2.53. The molecule has 0 radical (unpaired) electrons. The Morgan fingerprint density at radius 3 is 2.06 bits per heavy atom. The molecule has 2 amide bonds. The van der Waals surface area contributed by atoms with Gasteiger partial charge >= 0.3 is 6.03 Å². The summed E-state index contributed by atoms with van der Waals surface area (Å²) in [6, 6.07) is 18.1. The summed E-state index contributed by atoms with van der Waals surface area (Å²) in [6.45, 7) is 0. The lowest BCUT2D eigenvalue weighted by Gasteiger charge is -2.06. The molecule has 0 atom stereocenters. The molecule has 0 unspecified atom stereocenters. The summed E-state index contributed by atoms with van der Waals surface area (Å²) in [7, 11) is 0. The van der Waals surface area contributed by atoms with Crippen molar-refractivity contribution in [1.82, 2.24) is 5.32 Å². The van der Waals surface area contributed by atoms with Crippen LogP contribution in [0.1, 0.15) is 5.56 Å². The van der Waals surface area contributed by atoms with Gasteiger partial charge in [-0.25, -0.2) is 9.79 Å². The van der Waals surface area contributed by atoms with E-state index in [-0.39, 0.29) is 0 Å². The second kappa shape index (κ2) is 5.63. The first-order chi connectivity index (χ1) is 8.75. The summed E-state index contributed by atoms with van der Waals surface area (Å²) in [6.07, 6.45) is 0. The van der Waals surface area contributed by atoms with Gasteiger partial charge in [-0.15, -0.1) is 0 Å². The number of hydrogen-bond donors (Lipinski definition) is 2. The van der Waals surface area contributed by atoms with Crippen molar-refractivity contribution in [3.05, 3.63) is 66.2 Å². The van der Waals surface area contributed by atoms with Gasteiger partial charge in [0.15, 0.2) is 0 Å². The van der Waals surface area contributed by atoms with Crippen LogP contribution in [-0.2, 0) is 0 Å². The second-order valence-corrected chi connectivity index (χ2v) is 3.65. The zero-order valence-electron chi connectivity index (χ0n) is 9.71. The Morgan fingerprint density at radius 1 is 0.944 bits per heavy atom. The van der Waals surface area contributed by atoms with E-state index in [1.165, 1.54) is 0 Å². The van der Waals surface area contributed by atoms with Crippen LogP contribution in [0.25, 0.3) is 0 Å². The van der Waals surface area contributed by atoms with Crippen LogP contribution in [0.15, 0.2) is 65.7 Å². The topological polar surface area (TPSA) is 67.5 Å². The Morgan fingerprint density at radius 2 is 1.50 bits per heavy atom. The molecule has 18 heavy (non-hydrogen) atoms. The molecule has 2 aromatic carbocycles. The minimum Gasteiger partial charge on any atom is -0.351 e. The third-order valence-electron chi connectivity index (χ3n) is 2.29. The highest BCUT2D eigenvalue weighted by Gasteiger charge is 2.05. The SMILES string of the molecule is NC(=O)NC(=Nc1ccccc1)c1ccccc1. The van der Waals surface area contributed by atoms with Crippen molar-refractivity contribution in [1.29, 1.82) is 0 Å². The molecule has 0 aliphatic heterocycles. The number of benzene rings is 2. The van der Waals surface area contributed by atoms with Crippen molar-refractivity contribution in [3.63, 3.8) is 0 Å². The van der Waals surface area contributed by atoms with Gasteiger partial charge in [0.1, 0.15) is 5.84 Å². The zero-order valence-corrected chi connectivity index (χ0v) is 9.71. The van der Waals surface area contributed by atoms with E-state index in [1.807, 2.05) is 60.7 Å². The van der Waals surface area contributed by atoms with Gasteiger partial charge in [-0.2, -0.15) is 0 Å². The highest BCUT2D eigenvalue weighted by Crippen LogP contribution is 2.12. The van der Waals surface area contributed by atoms with E-state index in [1.54, 1.807) is 0 Å². The fraction of sp³-hybridized carbons (Fsp3) is 0. The van der Waals surface area contributed by atoms with Gasteiger partial charge in [0, 0.05) is 5.56 Å². The van der Waals surface area contributed by atoms with Crippen LogP contribution >= 0.6 is 0 Å². The molecule has 0 bridgehead atoms. The number of nitrogens with two attached hydrogens (primary N) is 1. The first kappa shape index (κ1) is 11.9. The molecule has 2 rings (SSSR count). The van der Waals surface area contributed by atoms with Gasteiger partial charge in [-0.05, 0) is 12.1 Å². The third-order valence-corrected chi connectivity index (χ3v) is 2.29. The zero-order chi connectivity index (χ0) is 12.8. The second-order valence-electron chi connectivity index (χ2n) is 3.65. The number of amidine groups is 1. The van der Waals surface area contributed by atoms with Crippen LogP contribution in [0.4, 0.5) is 10.5 Å². The molecule has 0 saturated carbocycles. The van der Waals surface area contributed by atoms with Gasteiger partial charge < -0.3 is 5.73 Å². The molecule has 0 aliphatic rings. The number of aliphatic imine (C=N–C) groups is 1. The molecular weight excluding hydrogens is 226 g/mol. The van der Waals surface area contributed by atoms with E-state index in [0.29, 0.717) is 5.84 Å². The van der Waals surface area contributed by atoms with Crippen molar-refractivity contribution in [3.8, 4) is 0 Å².